The van der Waals surface area contributed by atoms with Gasteiger partial charge in [-0.25, -0.2) is 0 Å². The van der Waals surface area contributed by atoms with Gasteiger partial charge in [-0.05, 0) is 24.3 Å². The Morgan fingerprint density at radius 3 is 1.76 bits per heavy atom. The first kappa shape index (κ1) is 17.5. The Morgan fingerprint density at radius 2 is 1.28 bits per heavy atom. The Bertz CT molecular complexity index is 852. The molecule has 3 aromatic carbocycles. The van der Waals surface area contributed by atoms with Gasteiger partial charge in [-0.2, -0.15) is 0 Å². The van der Waals surface area contributed by atoms with Crippen molar-refractivity contribution in [3.8, 4) is 0 Å². The predicted octanol–water partition coefficient (Wildman–Crippen LogP) is 4.04. The smallest absolute Gasteiger partial charge is 0.251 e. The van der Waals surface area contributed by atoms with Gasteiger partial charge in [-0.3, -0.25) is 4.79 Å². The van der Waals surface area contributed by atoms with Crippen molar-refractivity contribution in [2.24, 2.45) is 0 Å². The van der Waals surface area contributed by atoms with Crippen molar-refractivity contribution in [2.75, 3.05) is 6.29 Å². The van der Waals surface area contributed by atoms with Gasteiger partial charge >= 0.3 is 0 Å². The molecule has 5 heteroatoms. The lowest BCUT2D eigenvalue weighted by atomic mass is 10.2. The zero-order valence-corrected chi connectivity index (χ0v) is 15.1. The molecule has 0 saturated carbocycles. The fraction of sp³-hybridized carbons (Fsp3) is 0.0500. The fourth-order valence-corrected chi connectivity index (χ4v) is 5.02. The van der Waals surface area contributed by atoms with Crippen molar-refractivity contribution in [2.45, 2.75) is 0 Å². The van der Waals surface area contributed by atoms with Crippen molar-refractivity contribution in [3.05, 3.63) is 95.5 Å². The quantitative estimate of drug-likeness (QED) is 0.690. The molecule has 0 aliphatic rings. The van der Waals surface area contributed by atoms with Gasteiger partial charge in [-0.15, -0.1) is 0 Å². The third kappa shape index (κ3) is 4.01. The summed E-state index contributed by atoms with van der Waals surface area (Å²) in [7, 11) is -2.97. The molecule has 0 fully saturated rings. The van der Waals surface area contributed by atoms with E-state index in [1.807, 2.05) is 60.7 Å². The number of amides is 1. The Kier molecular flexibility index (Phi) is 5.37. The van der Waals surface area contributed by atoms with Gasteiger partial charge in [0.2, 0.25) is 0 Å². The third-order valence-electron chi connectivity index (χ3n) is 3.92. The fourth-order valence-electron chi connectivity index (χ4n) is 2.56. The van der Waals surface area contributed by atoms with E-state index >= 15 is 0 Å². The van der Waals surface area contributed by atoms with Crippen LogP contribution in [0.15, 0.2) is 84.9 Å². The van der Waals surface area contributed by atoms with E-state index < -0.39 is 7.14 Å². The van der Waals surface area contributed by atoms with Crippen LogP contribution in [0.4, 0.5) is 0 Å². The van der Waals surface area contributed by atoms with Crippen molar-refractivity contribution in [1.82, 2.24) is 5.32 Å². The molecule has 3 nitrogen and oxygen atoms in total. The highest BCUT2D eigenvalue weighted by Crippen LogP contribution is 2.41. The molecule has 1 N–H and O–H groups in total. The van der Waals surface area contributed by atoms with Crippen LogP contribution in [0.1, 0.15) is 10.4 Å². The Morgan fingerprint density at radius 1 is 0.800 bits per heavy atom. The molecule has 126 valence electrons. The molecule has 1 amide bonds. The number of hydrogen-bond acceptors (Lipinski definition) is 2. The number of benzene rings is 3. The first-order chi connectivity index (χ1) is 12.1. The largest absolute Gasteiger partial charge is 0.344 e. The summed E-state index contributed by atoms with van der Waals surface area (Å²) in [5, 5.41) is 4.82. The lowest BCUT2D eigenvalue weighted by molar-refractivity contribution is 0.0960. The molecule has 3 rings (SSSR count). The third-order valence-corrected chi connectivity index (χ3v) is 7.04. The molecule has 0 bridgehead atoms. The molecule has 25 heavy (non-hydrogen) atoms. The summed E-state index contributed by atoms with van der Waals surface area (Å²) in [6.07, 6.45) is 0.0580. The van der Waals surface area contributed by atoms with Gasteiger partial charge in [0.25, 0.3) is 5.91 Å². The van der Waals surface area contributed by atoms with E-state index in [1.165, 1.54) is 0 Å². The van der Waals surface area contributed by atoms with E-state index in [0.717, 1.165) is 10.6 Å². The number of halogens is 1. The highest BCUT2D eigenvalue weighted by molar-refractivity contribution is 7.78. The van der Waals surface area contributed by atoms with Crippen molar-refractivity contribution >= 4 is 35.3 Å². The van der Waals surface area contributed by atoms with E-state index in [2.05, 4.69) is 5.32 Å². The highest BCUT2D eigenvalue weighted by Gasteiger charge is 2.27. The molecular formula is C20H17ClNO2P. The molecule has 0 unspecified atom stereocenters. The van der Waals surface area contributed by atoms with Crippen LogP contribution in [-0.2, 0) is 4.57 Å². The van der Waals surface area contributed by atoms with Crippen molar-refractivity contribution < 1.29 is 9.36 Å². The van der Waals surface area contributed by atoms with Crippen molar-refractivity contribution in [1.29, 1.82) is 0 Å². The molecule has 3 aromatic rings. The average molecular weight is 370 g/mol. The van der Waals surface area contributed by atoms with Gasteiger partial charge in [0, 0.05) is 21.2 Å². The van der Waals surface area contributed by atoms with Crippen LogP contribution in [-0.4, -0.2) is 12.2 Å². The van der Waals surface area contributed by atoms with Crippen LogP contribution in [0.25, 0.3) is 0 Å². The molecule has 0 spiro atoms. The molecule has 0 saturated heterocycles. The summed E-state index contributed by atoms with van der Waals surface area (Å²) in [6, 6.07) is 25.1. The van der Waals surface area contributed by atoms with Crippen LogP contribution < -0.4 is 15.9 Å². The van der Waals surface area contributed by atoms with Gasteiger partial charge in [0.05, 0.1) is 6.29 Å². The number of rotatable bonds is 5. The van der Waals surface area contributed by atoms with E-state index in [0.29, 0.717) is 10.6 Å². The lowest BCUT2D eigenvalue weighted by Crippen LogP contribution is -2.30. The maximum absolute atomic E-state index is 13.8. The standard InChI is InChI=1S/C20H17ClNO2P/c21-17-13-11-16(12-14-17)20(23)22-15-25(24,18-7-3-1-4-8-18)19-9-5-2-6-10-19/h1-14H,15H2,(H,22,23). The molecule has 0 heterocycles. The second-order valence-corrected chi connectivity index (χ2v) is 8.85. The summed E-state index contributed by atoms with van der Waals surface area (Å²) in [5.74, 6) is -0.274. The van der Waals surface area contributed by atoms with Crippen LogP contribution in [0.2, 0.25) is 5.02 Å². The SMILES string of the molecule is O=C(NCP(=O)(c1ccccc1)c1ccccc1)c1ccc(Cl)cc1. The minimum absolute atomic E-state index is 0.0580. The zero-order chi connectivity index (χ0) is 17.7. The predicted molar refractivity (Wildman–Crippen MR) is 104 cm³/mol. The molecular weight excluding hydrogens is 353 g/mol. The van der Waals surface area contributed by atoms with Crippen LogP contribution in [0.5, 0.6) is 0 Å². The van der Waals surface area contributed by atoms with E-state index in [4.69, 9.17) is 11.6 Å². The Hall–Kier alpha value is -2.35. The number of nitrogens with one attached hydrogen (secondary N) is 1. The minimum Gasteiger partial charge on any atom is -0.344 e. The van der Waals surface area contributed by atoms with Gasteiger partial charge in [-0.1, -0.05) is 72.3 Å². The van der Waals surface area contributed by atoms with Crippen LogP contribution in [0, 0.1) is 0 Å². The summed E-state index contributed by atoms with van der Waals surface area (Å²) >= 11 is 5.85. The maximum Gasteiger partial charge on any atom is 0.251 e. The van der Waals surface area contributed by atoms with Gasteiger partial charge < -0.3 is 9.88 Å². The average Bonchev–Trinajstić information content (AvgIpc) is 2.68. The van der Waals surface area contributed by atoms with Gasteiger partial charge in [0.1, 0.15) is 0 Å². The summed E-state index contributed by atoms with van der Waals surface area (Å²) in [4.78, 5) is 12.4. The zero-order valence-electron chi connectivity index (χ0n) is 13.4. The molecule has 0 aliphatic heterocycles. The second-order valence-electron chi connectivity index (χ2n) is 5.58. The van der Waals surface area contributed by atoms with E-state index in [9.17, 15) is 9.36 Å². The molecule has 0 radical (unpaired) electrons. The molecule has 0 aliphatic carbocycles. The number of carbonyl (C=O) groups excluding carboxylic acids is 1. The Balaban J connectivity index is 1.88. The Labute approximate surface area is 152 Å². The number of carbonyl (C=O) groups is 1. The normalized spacial score (nSPS) is 11.1. The summed E-state index contributed by atoms with van der Waals surface area (Å²) < 4.78 is 13.8. The number of hydrogen-bond donors (Lipinski definition) is 1. The lowest BCUT2D eigenvalue weighted by Gasteiger charge is -2.20. The second kappa shape index (κ2) is 7.69. The minimum atomic E-state index is -2.97. The summed E-state index contributed by atoms with van der Waals surface area (Å²) in [5.41, 5.74) is 0.483. The van der Waals surface area contributed by atoms with Crippen LogP contribution >= 0.6 is 18.7 Å². The van der Waals surface area contributed by atoms with E-state index in [1.54, 1.807) is 24.3 Å². The monoisotopic (exact) mass is 369 g/mol. The van der Waals surface area contributed by atoms with Gasteiger partial charge in [0.15, 0.2) is 7.14 Å². The molecule has 0 aromatic heterocycles. The first-order valence-electron chi connectivity index (χ1n) is 7.84. The topological polar surface area (TPSA) is 46.2 Å². The maximum atomic E-state index is 13.8. The first-order valence-corrected chi connectivity index (χ1v) is 10.1. The van der Waals surface area contributed by atoms with Crippen LogP contribution in [0.3, 0.4) is 0 Å². The van der Waals surface area contributed by atoms with Crippen molar-refractivity contribution in [3.63, 3.8) is 0 Å². The van der Waals surface area contributed by atoms with E-state index in [-0.39, 0.29) is 12.2 Å². The molecule has 0 atom stereocenters. The highest BCUT2D eigenvalue weighted by atomic mass is 35.5. The summed E-state index contributed by atoms with van der Waals surface area (Å²) in [6.45, 7) is 0.